The van der Waals surface area contributed by atoms with E-state index in [2.05, 4.69) is 325 Å². The molecular weight excluding hydrogens is 943 g/mol. The average molecular weight is 998 g/mol. The largest absolute Gasteiger partial charge is 0.311 e. The van der Waals surface area contributed by atoms with Crippen molar-refractivity contribution in [1.29, 1.82) is 0 Å². The van der Waals surface area contributed by atoms with Crippen molar-refractivity contribution in [1.82, 2.24) is 4.57 Å². The lowest BCUT2D eigenvalue weighted by molar-refractivity contribution is 0.660. The van der Waals surface area contributed by atoms with E-state index in [4.69, 9.17) is 0 Å². The van der Waals surface area contributed by atoms with Gasteiger partial charge in [0.1, 0.15) is 0 Å². The first-order valence-electron chi connectivity index (χ1n) is 27.0. The van der Waals surface area contributed by atoms with Crippen molar-refractivity contribution in [3.05, 3.63) is 308 Å². The number of aromatic nitrogens is 1. The Balaban J connectivity index is 0.878. The second-order valence-corrected chi connectivity index (χ2v) is 20.9. The van der Waals surface area contributed by atoms with Gasteiger partial charge in [-0.3, -0.25) is 0 Å². The molecule has 3 nitrogen and oxygen atoms in total. The molecule has 12 aromatic carbocycles. The van der Waals surface area contributed by atoms with Crippen LogP contribution in [0, 0.1) is 0 Å². The minimum atomic E-state index is -0.287. The second kappa shape index (κ2) is 19.3. The first kappa shape index (κ1) is 46.6. The van der Waals surface area contributed by atoms with Crippen LogP contribution in [0.4, 0.5) is 34.1 Å². The molecule has 0 aliphatic heterocycles. The predicted molar refractivity (Wildman–Crippen MR) is 329 cm³/mol. The van der Waals surface area contributed by atoms with Gasteiger partial charge in [0.25, 0.3) is 0 Å². The molecule has 0 spiro atoms. The number of hydrogen-bond donors (Lipinski definition) is 0. The molecule has 14 rings (SSSR count). The highest BCUT2D eigenvalue weighted by Crippen LogP contribution is 2.53. The van der Waals surface area contributed by atoms with E-state index in [1.165, 1.54) is 88.6 Å². The van der Waals surface area contributed by atoms with E-state index in [1.54, 1.807) is 0 Å². The van der Waals surface area contributed by atoms with E-state index in [-0.39, 0.29) is 5.41 Å². The molecule has 78 heavy (non-hydrogen) atoms. The van der Waals surface area contributed by atoms with Crippen LogP contribution in [0.2, 0.25) is 0 Å². The molecule has 1 aliphatic carbocycles. The molecule has 0 saturated heterocycles. The number of nitrogens with zero attached hydrogens (tertiary/aromatic N) is 3. The molecular formula is C75H55N3. The van der Waals surface area contributed by atoms with Gasteiger partial charge in [0.15, 0.2) is 0 Å². The van der Waals surface area contributed by atoms with Crippen LogP contribution in [0.5, 0.6) is 0 Å². The molecule has 1 heterocycles. The topological polar surface area (TPSA) is 11.4 Å². The first-order chi connectivity index (χ1) is 38.5. The molecule has 0 saturated carbocycles. The highest BCUT2D eigenvalue weighted by atomic mass is 15.2. The van der Waals surface area contributed by atoms with Crippen LogP contribution in [-0.2, 0) is 5.41 Å². The maximum absolute atomic E-state index is 2.50. The van der Waals surface area contributed by atoms with Crippen LogP contribution in [0.3, 0.4) is 0 Å². The lowest BCUT2D eigenvalue weighted by Gasteiger charge is -2.29. The Kier molecular flexibility index (Phi) is 11.5. The standard InChI is InChI=1S/C75H55N3/c1-75(2)70-50-56(64-34-21-35-68-65(64)48-49-69-72(54-24-11-4-12-25-54)73(55-26-13-5-14-27-55)78(74(68)69)59-32-19-8-20-33-59)38-46-66(70)67-47-45-63(51-71(67)75)77(60-39-36-53(37-40-60)52-22-9-3-10-23-52)62-43-41-61(42-44-62)76(57-28-15-6-16-29-57)58-30-17-7-18-31-58/h3-51H,1-2H3. The molecule has 0 N–H and O–H groups in total. The Morgan fingerprint density at radius 3 is 1.29 bits per heavy atom. The van der Waals surface area contributed by atoms with E-state index < -0.39 is 0 Å². The minimum absolute atomic E-state index is 0.287. The zero-order chi connectivity index (χ0) is 52.2. The minimum Gasteiger partial charge on any atom is -0.311 e. The van der Waals surface area contributed by atoms with Gasteiger partial charge in [0.05, 0.1) is 11.2 Å². The number of fused-ring (bicyclic) bond motifs is 6. The van der Waals surface area contributed by atoms with E-state index in [0.717, 1.165) is 39.8 Å². The summed E-state index contributed by atoms with van der Waals surface area (Å²) >= 11 is 0. The molecule has 1 aliphatic rings. The molecule has 0 atom stereocenters. The molecule has 370 valence electrons. The highest BCUT2D eigenvalue weighted by Gasteiger charge is 2.37. The Hall–Kier alpha value is -9.96. The summed E-state index contributed by atoms with van der Waals surface area (Å²) in [6, 6.07) is 108. The van der Waals surface area contributed by atoms with Gasteiger partial charge < -0.3 is 14.4 Å². The lowest BCUT2D eigenvalue weighted by Crippen LogP contribution is -2.17. The zero-order valence-corrected chi connectivity index (χ0v) is 43.6. The fraction of sp³-hybridized carbons (Fsp3) is 0.0400. The summed E-state index contributed by atoms with van der Waals surface area (Å²) < 4.78 is 2.50. The third-order valence-corrected chi connectivity index (χ3v) is 16.0. The SMILES string of the molecule is CC1(C)c2cc(-c3cccc4c3ccc3c(-c5ccccc5)c(-c5ccccc5)n(-c5ccccc5)c34)ccc2-c2ccc(N(c3ccc(-c4ccccc4)cc3)c3ccc(N(c4ccccc4)c4ccccc4)cc3)cc21. The van der Waals surface area contributed by atoms with Crippen molar-refractivity contribution in [3.63, 3.8) is 0 Å². The van der Waals surface area contributed by atoms with Crippen molar-refractivity contribution >= 4 is 55.8 Å². The predicted octanol–water partition coefficient (Wildman–Crippen LogP) is 20.7. The molecule has 0 fully saturated rings. The van der Waals surface area contributed by atoms with Crippen molar-refractivity contribution in [3.8, 4) is 61.5 Å². The van der Waals surface area contributed by atoms with Gasteiger partial charge in [-0.2, -0.15) is 0 Å². The second-order valence-electron chi connectivity index (χ2n) is 20.9. The number of para-hydroxylation sites is 3. The Morgan fingerprint density at radius 2 is 0.705 bits per heavy atom. The number of anilines is 6. The van der Waals surface area contributed by atoms with Gasteiger partial charge in [-0.25, -0.2) is 0 Å². The van der Waals surface area contributed by atoms with Gasteiger partial charge in [0.2, 0.25) is 0 Å². The summed E-state index contributed by atoms with van der Waals surface area (Å²) in [4.78, 5) is 4.73. The molecule has 0 unspecified atom stereocenters. The lowest BCUT2D eigenvalue weighted by atomic mass is 9.81. The van der Waals surface area contributed by atoms with Crippen LogP contribution >= 0.6 is 0 Å². The van der Waals surface area contributed by atoms with E-state index in [0.29, 0.717) is 0 Å². The fourth-order valence-electron chi connectivity index (χ4n) is 12.3. The van der Waals surface area contributed by atoms with Crippen LogP contribution in [0.25, 0.3) is 83.1 Å². The van der Waals surface area contributed by atoms with Crippen molar-refractivity contribution in [2.45, 2.75) is 19.3 Å². The average Bonchev–Trinajstić information content (AvgIpc) is 4.22. The summed E-state index contributed by atoms with van der Waals surface area (Å²) in [5.74, 6) is 0. The molecule has 1 aromatic heterocycles. The number of hydrogen-bond acceptors (Lipinski definition) is 2. The highest BCUT2D eigenvalue weighted by molar-refractivity contribution is 6.18. The normalized spacial score (nSPS) is 12.3. The first-order valence-corrected chi connectivity index (χ1v) is 27.0. The summed E-state index contributed by atoms with van der Waals surface area (Å²) in [6.07, 6.45) is 0. The van der Waals surface area contributed by atoms with Crippen LogP contribution in [0.1, 0.15) is 25.0 Å². The Morgan fingerprint density at radius 1 is 0.282 bits per heavy atom. The van der Waals surface area contributed by atoms with Gasteiger partial charge in [0, 0.05) is 61.6 Å². The summed E-state index contributed by atoms with van der Waals surface area (Å²) in [5.41, 5.74) is 23.5. The summed E-state index contributed by atoms with van der Waals surface area (Å²) in [5, 5.41) is 3.68. The van der Waals surface area contributed by atoms with Gasteiger partial charge in [-0.1, -0.05) is 220 Å². The molecule has 0 radical (unpaired) electrons. The van der Waals surface area contributed by atoms with Crippen LogP contribution in [0.15, 0.2) is 297 Å². The van der Waals surface area contributed by atoms with Crippen molar-refractivity contribution in [2.75, 3.05) is 9.80 Å². The van der Waals surface area contributed by atoms with Crippen LogP contribution in [-0.4, -0.2) is 4.57 Å². The Bertz CT molecular complexity index is 4240. The molecule has 13 aromatic rings. The van der Waals surface area contributed by atoms with Crippen molar-refractivity contribution < 1.29 is 0 Å². The molecule has 0 bridgehead atoms. The maximum atomic E-state index is 2.50. The maximum Gasteiger partial charge on any atom is 0.0620 e. The smallest absolute Gasteiger partial charge is 0.0620 e. The molecule has 0 amide bonds. The van der Waals surface area contributed by atoms with E-state index >= 15 is 0 Å². The third kappa shape index (κ3) is 7.99. The quantitative estimate of drug-likeness (QED) is 0.128. The van der Waals surface area contributed by atoms with Gasteiger partial charge in [-0.05, 0) is 152 Å². The van der Waals surface area contributed by atoms with Crippen molar-refractivity contribution in [2.24, 2.45) is 0 Å². The molecule has 3 heteroatoms. The summed E-state index contributed by atoms with van der Waals surface area (Å²) in [6.45, 7) is 4.80. The van der Waals surface area contributed by atoms with Gasteiger partial charge >= 0.3 is 0 Å². The summed E-state index contributed by atoms with van der Waals surface area (Å²) in [7, 11) is 0. The van der Waals surface area contributed by atoms with Crippen LogP contribution < -0.4 is 9.80 Å². The monoisotopic (exact) mass is 997 g/mol. The van der Waals surface area contributed by atoms with E-state index in [1.807, 2.05) is 0 Å². The van der Waals surface area contributed by atoms with Gasteiger partial charge in [-0.15, -0.1) is 0 Å². The number of benzene rings is 12. The zero-order valence-electron chi connectivity index (χ0n) is 43.6. The third-order valence-electron chi connectivity index (χ3n) is 16.0. The number of rotatable bonds is 11. The fourth-order valence-corrected chi connectivity index (χ4v) is 12.3. The van der Waals surface area contributed by atoms with E-state index in [9.17, 15) is 0 Å². The Labute approximate surface area is 456 Å².